The number of hydrogen-bond donors (Lipinski definition) is 2. The zero-order valence-electron chi connectivity index (χ0n) is 13.7. The number of carbonyl (C=O) groups excluding carboxylic acids is 2. The van der Waals surface area contributed by atoms with E-state index < -0.39 is 0 Å². The lowest BCUT2D eigenvalue weighted by Gasteiger charge is -2.18. The molecule has 120 valence electrons. The van der Waals surface area contributed by atoms with Gasteiger partial charge in [-0.3, -0.25) is 9.59 Å². The first kappa shape index (κ1) is 16.7. The fourth-order valence-corrected chi connectivity index (χ4v) is 2.46. The molecule has 1 atom stereocenters. The van der Waals surface area contributed by atoms with Gasteiger partial charge in [0.1, 0.15) is 0 Å². The van der Waals surface area contributed by atoms with Gasteiger partial charge in [-0.1, -0.05) is 42.5 Å². The molecule has 2 amide bonds. The molecular weight excluding hydrogens is 288 g/mol. The van der Waals surface area contributed by atoms with Crippen LogP contribution in [-0.2, 0) is 9.59 Å². The van der Waals surface area contributed by atoms with Gasteiger partial charge in [0.05, 0.1) is 12.5 Å². The molecule has 0 aliphatic carbocycles. The zero-order valence-corrected chi connectivity index (χ0v) is 13.7. The third-order valence-corrected chi connectivity index (χ3v) is 3.85. The number of benzene rings is 2. The second-order valence-corrected chi connectivity index (χ2v) is 5.66. The van der Waals surface area contributed by atoms with Gasteiger partial charge in [0, 0.05) is 12.6 Å². The van der Waals surface area contributed by atoms with Crippen molar-refractivity contribution >= 4 is 17.5 Å². The molecule has 2 rings (SSSR count). The Morgan fingerprint density at radius 3 is 2.35 bits per heavy atom. The van der Waals surface area contributed by atoms with Crippen molar-refractivity contribution in [2.75, 3.05) is 5.32 Å². The number of aryl methyl sites for hydroxylation is 1. The summed E-state index contributed by atoms with van der Waals surface area (Å²) >= 11 is 0. The van der Waals surface area contributed by atoms with Crippen LogP contribution in [0.25, 0.3) is 0 Å². The van der Waals surface area contributed by atoms with Gasteiger partial charge in [-0.05, 0) is 36.6 Å². The van der Waals surface area contributed by atoms with Crippen LogP contribution in [0, 0.1) is 13.8 Å². The Labute approximate surface area is 136 Å². The summed E-state index contributed by atoms with van der Waals surface area (Å²) in [6.45, 7) is 5.45. The molecule has 0 aliphatic rings. The molecule has 4 nitrogen and oxygen atoms in total. The lowest BCUT2D eigenvalue weighted by molar-refractivity contribution is -0.120. The highest BCUT2D eigenvalue weighted by molar-refractivity contribution is 5.92. The van der Waals surface area contributed by atoms with Crippen LogP contribution in [0.5, 0.6) is 0 Å². The standard InChI is InChI=1S/C19H22N2O2/c1-13-8-7-11-17(14(13)2)21-19(23)12-18(20-15(3)22)16-9-5-4-6-10-16/h4-11,18H,12H2,1-3H3,(H,20,22)(H,21,23)/t18-/m0/s1. The summed E-state index contributed by atoms with van der Waals surface area (Å²) in [5, 5.41) is 5.77. The summed E-state index contributed by atoms with van der Waals surface area (Å²) in [7, 11) is 0. The molecule has 0 bridgehead atoms. The third-order valence-electron chi connectivity index (χ3n) is 3.85. The van der Waals surface area contributed by atoms with Crippen LogP contribution in [0.4, 0.5) is 5.69 Å². The Balaban J connectivity index is 2.11. The second-order valence-electron chi connectivity index (χ2n) is 5.66. The molecule has 0 unspecified atom stereocenters. The van der Waals surface area contributed by atoms with E-state index in [0.717, 1.165) is 22.4 Å². The van der Waals surface area contributed by atoms with Crippen molar-refractivity contribution in [3.8, 4) is 0 Å². The van der Waals surface area contributed by atoms with Gasteiger partial charge in [0.2, 0.25) is 11.8 Å². The summed E-state index contributed by atoms with van der Waals surface area (Å²) in [4.78, 5) is 23.8. The van der Waals surface area contributed by atoms with E-state index in [0.29, 0.717) is 0 Å². The summed E-state index contributed by atoms with van der Waals surface area (Å²) in [6.07, 6.45) is 0.191. The highest BCUT2D eigenvalue weighted by atomic mass is 16.2. The third kappa shape index (κ3) is 4.68. The molecule has 0 saturated carbocycles. The van der Waals surface area contributed by atoms with Crippen LogP contribution in [0.1, 0.15) is 36.1 Å². The molecule has 0 saturated heterocycles. The van der Waals surface area contributed by atoms with Gasteiger partial charge >= 0.3 is 0 Å². The minimum absolute atomic E-state index is 0.124. The van der Waals surface area contributed by atoms with Crippen LogP contribution in [0.3, 0.4) is 0 Å². The van der Waals surface area contributed by atoms with E-state index in [4.69, 9.17) is 0 Å². The highest BCUT2D eigenvalue weighted by Gasteiger charge is 2.17. The second kappa shape index (κ2) is 7.58. The van der Waals surface area contributed by atoms with Gasteiger partial charge in [-0.15, -0.1) is 0 Å². The van der Waals surface area contributed by atoms with Gasteiger partial charge in [0.15, 0.2) is 0 Å². The number of amides is 2. The predicted molar refractivity (Wildman–Crippen MR) is 92.2 cm³/mol. The Morgan fingerprint density at radius 2 is 1.70 bits per heavy atom. The van der Waals surface area contributed by atoms with Crippen molar-refractivity contribution in [3.63, 3.8) is 0 Å². The molecule has 2 aromatic carbocycles. The number of carbonyl (C=O) groups is 2. The Kier molecular flexibility index (Phi) is 5.52. The van der Waals surface area contributed by atoms with Gasteiger partial charge in [0.25, 0.3) is 0 Å². The molecule has 0 fully saturated rings. The van der Waals surface area contributed by atoms with Crippen molar-refractivity contribution in [3.05, 3.63) is 65.2 Å². The van der Waals surface area contributed by atoms with Crippen molar-refractivity contribution in [2.24, 2.45) is 0 Å². The maximum atomic E-state index is 12.4. The molecule has 23 heavy (non-hydrogen) atoms. The first-order valence-electron chi connectivity index (χ1n) is 7.65. The summed E-state index contributed by atoms with van der Waals surface area (Å²) < 4.78 is 0. The number of hydrogen-bond acceptors (Lipinski definition) is 2. The minimum atomic E-state index is -0.334. The lowest BCUT2D eigenvalue weighted by atomic mass is 10.0. The van der Waals surface area contributed by atoms with Crippen molar-refractivity contribution in [1.29, 1.82) is 0 Å². The molecule has 0 spiro atoms. The van der Waals surface area contributed by atoms with Crippen LogP contribution in [0.15, 0.2) is 48.5 Å². The van der Waals surface area contributed by atoms with Gasteiger partial charge in [-0.2, -0.15) is 0 Å². The SMILES string of the molecule is CC(=O)N[C@@H](CC(=O)Nc1cccc(C)c1C)c1ccccc1. The fraction of sp³-hybridized carbons (Fsp3) is 0.263. The monoisotopic (exact) mass is 310 g/mol. The number of nitrogens with one attached hydrogen (secondary N) is 2. The Hall–Kier alpha value is -2.62. The average Bonchev–Trinajstić information content (AvgIpc) is 2.51. The van der Waals surface area contributed by atoms with Crippen LogP contribution >= 0.6 is 0 Å². The van der Waals surface area contributed by atoms with E-state index in [-0.39, 0.29) is 24.3 Å². The average molecular weight is 310 g/mol. The quantitative estimate of drug-likeness (QED) is 0.888. The number of anilines is 1. The van der Waals surface area contributed by atoms with E-state index in [9.17, 15) is 9.59 Å². The lowest BCUT2D eigenvalue weighted by Crippen LogP contribution is -2.29. The normalized spacial score (nSPS) is 11.6. The summed E-state index contributed by atoms with van der Waals surface area (Å²) in [5.74, 6) is -0.278. The maximum absolute atomic E-state index is 12.4. The van der Waals surface area contributed by atoms with E-state index >= 15 is 0 Å². The molecule has 0 radical (unpaired) electrons. The Morgan fingerprint density at radius 1 is 1.00 bits per heavy atom. The van der Waals surface area contributed by atoms with Crippen molar-refractivity contribution < 1.29 is 9.59 Å². The van der Waals surface area contributed by atoms with Crippen LogP contribution in [0.2, 0.25) is 0 Å². The van der Waals surface area contributed by atoms with Gasteiger partial charge in [-0.25, -0.2) is 0 Å². The molecule has 2 N–H and O–H groups in total. The van der Waals surface area contributed by atoms with E-state index in [1.54, 1.807) is 0 Å². The topological polar surface area (TPSA) is 58.2 Å². The highest BCUT2D eigenvalue weighted by Crippen LogP contribution is 2.21. The summed E-state index contributed by atoms with van der Waals surface area (Å²) in [6, 6.07) is 15.0. The Bertz CT molecular complexity index is 696. The van der Waals surface area contributed by atoms with E-state index in [1.165, 1.54) is 6.92 Å². The molecule has 2 aromatic rings. The first-order valence-corrected chi connectivity index (χ1v) is 7.65. The van der Waals surface area contributed by atoms with Crippen LogP contribution < -0.4 is 10.6 Å². The molecule has 0 aromatic heterocycles. The smallest absolute Gasteiger partial charge is 0.226 e. The van der Waals surface area contributed by atoms with E-state index in [2.05, 4.69) is 10.6 Å². The summed E-state index contributed by atoms with van der Waals surface area (Å²) in [5.41, 5.74) is 3.91. The molecule has 0 aliphatic heterocycles. The minimum Gasteiger partial charge on any atom is -0.349 e. The van der Waals surface area contributed by atoms with E-state index in [1.807, 2.05) is 62.4 Å². The zero-order chi connectivity index (χ0) is 16.8. The first-order chi connectivity index (χ1) is 11.0. The molecule has 0 heterocycles. The largest absolute Gasteiger partial charge is 0.349 e. The predicted octanol–water partition coefficient (Wildman–Crippen LogP) is 3.51. The van der Waals surface area contributed by atoms with Crippen molar-refractivity contribution in [1.82, 2.24) is 5.32 Å². The van der Waals surface area contributed by atoms with Crippen LogP contribution in [-0.4, -0.2) is 11.8 Å². The van der Waals surface area contributed by atoms with Gasteiger partial charge < -0.3 is 10.6 Å². The maximum Gasteiger partial charge on any atom is 0.226 e. The number of rotatable bonds is 5. The fourth-order valence-electron chi connectivity index (χ4n) is 2.46. The van der Waals surface area contributed by atoms with Crippen molar-refractivity contribution in [2.45, 2.75) is 33.2 Å². The molecule has 4 heteroatoms. The molecular formula is C19H22N2O2.